The molecule has 1 amide bonds. The van der Waals surface area contributed by atoms with Gasteiger partial charge in [-0.2, -0.15) is 0 Å². The van der Waals surface area contributed by atoms with Crippen LogP contribution in [0.4, 0.5) is 5.69 Å². The number of amides is 1. The lowest BCUT2D eigenvalue weighted by Gasteiger charge is -2.24. The fourth-order valence-electron chi connectivity index (χ4n) is 3.75. The lowest BCUT2D eigenvalue weighted by atomic mass is 10.1. The van der Waals surface area contributed by atoms with E-state index < -0.39 is 0 Å². The van der Waals surface area contributed by atoms with Crippen molar-refractivity contribution in [2.75, 3.05) is 24.9 Å². The fraction of sp³-hybridized carbons (Fsp3) is 0.273. The molecule has 1 atom stereocenters. The number of methoxy groups -OCH3 is 2. The smallest absolute Gasteiger partial charge is 0.295 e. The summed E-state index contributed by atoms with van der Waals surface area (Å²) in [5, 5.41) is -0.364. The third-order valence-corrected chi connectivity index (χ3v) is 6.53. The van der Waals surface area contributed by atoms with Crippen LogP contribution in [0, 0.1) is 6.92 Å². The van der Waals surface area contributed by atoms with E-state index in [0.29, 0.717) is 22.9 Å². The van der Waals surface area contributed by atoms with Gasteiger partial charge < -0.3 is 9.47 Å². The van der Waals surface area contributed by atoms with Gasteiger partial charge in [-0.15, -0.1) is 11.8 Å². The van der Waals surface area contributed by atoms with E-state index in [-0.39, 0.29) is 16.8 Å². The van der Waals surface area contributed by atoms with Crippen LogP contribution in [-0.4, -0.2) is 35.2 Å². The summed E-state index contributed by atoms with van der Waals surface area (Å²) in [6, 6.07) is 14.9. The maximum Gasteiger partial charge on any atom is 0.295 e. The van der Waals surface area contributed by atoms with Crippen LogP contribution in [-0.2, 0) is 11.8 Å². The van der Waals surface area contributed by atoms with Gasteiger partial charge in [0.15, 0.2) is 0 Å². The summed E-state index contributed by atoms with van der Waals surface area (Å²) in [6.45, 7) is 1.86. The molecule has 0 saturated carbocycles. The molecular formula is C22H23N3O4S. The van der Waals surface area contributed by atoms with Crippen molar-refractivity contribution in [1.82, 2.24) is 9.36 Å². The maximum absolute atomic E-state index is 13.5. The number of rotatable bonds is 5. The molecule has 7 nitrogen and oxygen atoms in total. The number of para-hydroxylation sites is 1. The number of nitrogens with zero attached hydrogens (tertiary/aromatic N) is 3. The molecule has 1 saturated heterocycles. The van der Waals surface area contributed by atoms with Gasteiger partial charge in [-0.1, -0.05) is 18.2 Å². The molecule has 2 heterocycles. The Balaban J connectivity index is 1.86. The SMILES string of the molecule is COc1ccc([C@@H]2SCC(=O)N2c2c(C)n(C)n(-c3ccccc3)c2=O)c(OC)c1. The van der Waals surface area contributed by atoms with Gasteiger partial charge in [0.25, 0.3) is 5.56 Å². The Bertz CT molecular complexity index is 1150. The van der Waals surface area contributed by atoms with Gasteiger partial charge in [-0.05, 0) is 31.2 Å². The van der Waals surface area contributed by atoms with Crippen LogP contribution in [0.3, 0.4) is 0 Å². The zero-order valence-electron chi connectivity index (χ0n) is 17.3. The molecule has 1 aromatic heterocycles. The fourth-order valence-corrected chi connectivity index (χ4v) is 4.94. The Morgan fingerprint density at radius 2 is 1.77 bits per heavy atom. The van der Waals surface area contributed by atoms with Crippen LogP contribution in [0.2, 0.25) is 0 Å². The quantitative estimate of drug-likeness (QED) is 0.628. The van der Waals surface area contributed by atoms with Gasteiger partial charge in [0.05, 0.1) is 31.4 Å². The standard InChI is InChI=1S/C22H23N3O4S/c1-14-20(21(27)25(23(14)2)15-8-6-5-7-9-15)24-19(26)13-30-22(24)17-11-10-16(28-3)12-18(17)29-4/h5-12,22H,13H2,1-4H3/t22-/m0/s1. The minimum Gasteiger partial charge on any atom is -0.497 e. The van der Waals surface area contributed by atoms with Gasteiger partial charge in [0, 0.05) is 18.7 Å². The molecule has 1 aliphatic heterocycles. The first-order chi connectivity index (χ1) is 14.5. The highest BCUT2D eigenvalue weighted by atomic mass is 32.2. The first-order valence-electron chi connectivity index (χ1n) is 9.47. The van der Waals surface area contributed by atoms with E-state index in [9.17, 15) is 9.59 Å². The molecule has 4 rings (SSSR count). The molecule has 3 aromatic rings. The van der Waals surface area contributed by atoms with E-state index in [0.717, 1.165) is 16.9 Å². The third-order valence-electron chi connectivity index (χ3n) is 5.34. The lowest BCUT2D eigenvalue weighted by Crippen LogP contribution is -2.33. The van der Waals surface area contributed by atoms with E-state index in [2.05, 4.69) is 0 Å². The summed E-state index contributed by atoms with van der Waals surface area (Å²) in [4.78, 5) is 28.0. The van der Waals surface area contributed by atoms with Gasteiger partial charge >= 0.3 is 0 Å². The molecule has 2 aromatic carbocycles. The van der Waals surface area contributed by atoms with Crippen molar-refractivity contribution in [3.8, 4) is 17.2 Å². The average molecular weight is 426 g/mol. The summed E-state index contributed by atoms with van der Waals surface area (Å²) in [5.41, 5.74) is 2.45. The number of hydrogen-bond donors (Lipinski definition) is 0. The van der Waals surface area contributed by atoms with Crippen molar-refractivity contribution in [2.45, 2.75) is 12.3 Å². The molecular weight excluding hydrogens is 402 g/mol. The topological polar surface area (TPSA) is 65.7 Å². The largest absolute Gasteiger partial charge is 0.497 e. The predicted octanol–water partition coefficient (Wildman–Crippen LogP) is 3.28. The second-order valence-electron chi connectivity index (χ2n) is 6.95. The molecule has 0 N–H and O–H groups in total. The van der Waals surface area contributed by atoms with Crippen LogP contribution in [0.5, 0.6) is 11.5 Å². The van der Waals surface area contributed by atoms with Crippen LogP contribution < -0.4 is 19.9 Å². The zero-order chi connectivity index (χ0) is 21.4. The molecule has 30 heavy (non-hydrogen) atoms. The highest BCUT2D eigenvalue weighted by Gasteiger charge is 2.39. The molecule has 0 radical (unpaired) electrons. The second-order valence-corrected chi connectivity index (χ2v) is 8.01. The van der Waals surface area contributed by atoms with Crippen LogP contribution in [0.15, 0.2) is 53.3 Å². The van der Waals surface area contributed by atoms with Crippen LogP contribution in [0.1, 0.15) is 16.6 Å². The van der Waals surface area contributed by atoms with Gasteiger partial charge in [0.2, 0.25) is 5.91 Å². The lowest BCUT2D eigenvalue weighted by molar-refractivity contribution is -0.115. The van der Waals surface area contributed by atoms with Crippen LogP contribution in [0.25, 0.3) is 5.69 Å². The summed E-state index contributed by atoms with van der Waals surface area (Å²) in [7, 11) is 5.00. The Kier molecular flexibility index (Phi) is 5.34. The molecule has 1 fully saturated rings. The molecule has 0 unspecified atom stereocenters. The van der Waals surface area contributed by atoms with Crippen molar-refractivity contribution in [2.24, 2.45) is 7.05 Å². The normalized spacial score (nSPS) is 16.2. The number of thioether (sulfide) groups is 1. The number of anilines is 1. The maximum atomic E-state index is 13.5. The Morgan fingerprint density at radius 3 is 2.43 bits per heavy atom. The Labute approximate surface area is 178 Å². The summed E-state index contributed by atoms with van der Waals surface area (Å²) < 4.78 is 14.2. The van der Waals surface area contributed by atoms with E-state index in [1.807, 2.05) is 56.4 Å². The van der Waals surface area contributed by atoms with Crippen molar-refractivity contribution < 1.29 is 14.3 Å². The molecule has 0 bridgehead atoms. The number of ether oxygens (including phenoxy) is 2. The van der Waals surface area contributed by atoms with Crippen LogP contribution >= 0.6 is 11.8 Å². The Morgan fingerprint density at radius 1 is 1.03 bits per heavy atom. The minimum atomic E-state index is -0.364. The van der Waals surface area contributed by atoms with Gasteiger partial charge in [-0.25, -0.2) is 4.68 Å². The number of carbonyl (C=O) groups is 1. The monoisotopic (exact) mass is 425 g/mol. The van der Waals surface area contributed by atoms with E-state index in [4.69, 9.17) is 9.47 Å². The molecule has 156 valence electrons. The van der Waals surface area contributed by atoms with Crippen molar-refractivity contribution in [1.29, 1.82) is 0 Å². The number of benzene rings is 2. The van der Waals surface area contributed by atoms with E-state index in [1.165, 1.54) is 11.8 Å². The number of hydrogen-bond acceptors (Lipinski definition) is 5. The van der Waals surface area contributed by atoms with Crippen molar-refractivity contribution >= 4 is 23.4 Å². The Hall–Kier alpha value is -3.13. The summed E-state index contributed by atoms with van der Waals surface area (Å²) in [6.07, 6.45) is 0. The highest BCUT2D eigenvalue weighted by Crippen LogP contribution is 2.45. The number of carbonyl (C=O) groups excluding carboxylic acids is 1. The number of aromatic nitrogens is 2. The zero-order valence-corrected chi connectivity index (χ0v) is 18.1. The van der Waals surface area contributed by atoms with Crippen molar-refractivity contribution in [3.63, 3.8) is 0 Å². The average Bonchev–Trinajstić information content (AvgIpc) is 3.24. The van der Waals surface area contributed by atoms with Gasteiger partial charge in [0.1, 0.15) is 22.6 Å². The predicted molar refractivity (Wildman–Crippen MR) is 118 cm³/mol. The minimum absolute atomic E-state index is 0.103. The van der Waals surface area contributed by atoms with E-state index in [1.54, 1.807) is 34.5 Å². The second kappa shape index (κ2) is 7.95. The molecule has 0 aliphatic carbocycles. The van der Waals surface area contributed by atoms with E-state index >= 15 is 0 Å². The highest BCUT2D eigenvalue weighted by molar-refractivity contribution is 8.00. The van der Waals surface area contributed by atoms with Crippen molar-refractivity contribution in [3.05, 3.63) is 70.1 Å². The summed E-state index contributed by atoms with van der Waals surface area (Å²) >= 11 is 1.48. The molecule has 0 spiro atoms. The first kappa shape index (κ1) is 20.2. The van der Waals surface area contributed by atoms with Gasteiger partial charge in [-0.3, -0.25) is 19.2 Å². The summed E-state index contributed by atoms with van der Waals surface area (Å²) in [5.74, 6) is 1.47. The molecule has 8 heteroatoms. The first-order valence-corrected chi connectivity index (χ1v) is 10.5. The molecule has 1 aliphatic rings. The third kappa shape index (κ3) is 3.17.